The smallest absolute Gasteiger partial charge is 0.411 e. The Bertz CT molecular complexity index is 1400. The molecule has 0 aliphatic carbocycles. The number of amides is 1. The standard InChI is InChI=1S/C29H32F2N2O5S/c1-20(21-4-6-22(7-5-21)23-8-12-25(30)13-9-23)33-17-16-29(38-28(33)35,24-10-14-26(31)15-11-24)18-27(34)19-32(2)39(3,36)37/h4-15,20,27,34H,16-19H2,1-3H3. The van der Waals surface area contributed by atoms with Crippen LogP contribution in [-0.2, 0) is 20.4 Å². The highest BCUT2D eigenvalue weighted by Crippen LogP contribution is 2.41. The molecule has 0 radical (unpaired) electrons. The Morgan fingerprint density at radius 2 is 1.49 bits per heavy atom. The van der Waals surface area contributed by atoms with Crippen LogP contribution >= 0.6 is 0 Å². The number of halogens is 2. The molecule has 10 heteroatoms. The van der Waals surface area contributed by atoms with Gasteiger partial charge in [-0.1, -0.05) is 48.5 Å². The van der Waals surface area contributed by atoms with E-state index in [-0.39, 0.29) is 24.8 Å². The number of aliphatic hydroxyl groups is 1. The zero-order valence-electron chi connectivity index (χ0n) is 22.1. The highest BCUT2D eigenvalue weighted by atomic mass is 32.2. The average Bonchev–Trinajstić information content (AvgIpc) is 2.88. The molecule has 1 N–H and O–H groups in total. The lowest BCUT2D eigenvalue weighted by atomic mass is 9.83. The van der Waals surface area contributed by atoms with Gasteiger partial charge in [0, 0.05) is 33.0 Å². The fourth-order valence-electron chi connectivity index (χ4n) is 4.89. The van der Waals surface area contributed by atoms with Gasteiger partial charge in [-0.05, 0) is 53.4 Å². The third kappa shape index (κ3) is 6.63. The first-order chi connectivity index (χ1) is 18.4. The second-order valence-electron chi connectivity index (χ2n) is 10.0. The van der Waals surface area contributed by atoms with E-state index in [9.17, 15) is 27.1 Å². The van der Waals surface area contributed by atoms with Crippen LogP contribution in [0.15, 0.2) is 72.8 Å². The molecule has 1 fully saturated rings. The summed E-state index contributed by atoms with van der Waals surface area (Å²) >= 11 is 0. The molecule has 0 spiro atoms. The van der Waals surface area contributed by atoms with Gasteiger partial charge >= 0.3 is 6.09 Å². The number of hydrogen-bond donors (Lipinski definition) is 1. The number of hydrogen-bond acceptors (Lipinski definition) is 5. The monoisotopic (exact) mass is 558 g/mol. The summed E-state index contributed by atoms with van der Waals surface area (Å²) in [6.07, 6.45) is -0.433. The summed E-state index contributed by atoms with van der Waals surface area (Å²) in [5.41, 5.74) is 1.93. The first-order valence-electron chi connectivity index (χ1n) is 12.6. The molecule has 3 aromatic carbocycles. The van der Waals surface area contributed by atoms with Crippen LogP contribution in [-0.4, -0.2) is 61.3 Å². The summed E-state index contributed by atoms with van der Waals surface area (Å²) in [7, 11) is -2.16. The Labute approximate surface area is 227 Å². The molecule has 7 nitrogen and oxygen atoms in total. The highest BCUT2D eigenvalue weighted by Gasteiger charge is 2.45. The van der Waals surface area contributed by atoms with Crippen LogP contribution < -0.4 is 0 Å². The molecule has 3 atom stereocenters. The van der Waals surface area contributed by atoms with E-state index in [4.69, 9.17) is 4.74 Å². The van der Waals surface area contributed by atoms with Gasteiger partial charge in [-0.15, -0.1) is 0 Å². The predicted molar refractivity (Wildman–Crippen MR) is 144 cm³/mol. The summed E-state index contributed by atoms with van der Waals surface area (Å²) in [4.78, 5) is 14.9. The van der Waals surface area contributed by atoms with Crippen molar-refractivity contribution in [3.05, 3.63) is 95.6 Å². The SMILES string of the molecule is CC(c1ccc(-c2ccc(F)cc2)cc1)N1CCC(CC(O)CN(C)S(C)(=O)=O)(c2ccc(F)cc2)OC1=O. The van der Waals surface area contributed by atoms with Crippen LogP contribution in [0.5, 0.6) is 0 Å². The fourth-order valence-corrected chi connectivity index (χ4v) is 5.34. The Morgan fingerprint density at radius 3 is 2.00 bits per heavy atom. The van der Waals surface area contributed by atoms with Crippen LogP contribution in [0.2, 0.25) is 0 Å². The molecule has 208 valence electrons. The number of aliphatic hydroxyl groups excluding tert-OH is 1. The Morgan fingerprint density at radius 1 is 0.974 bits per heavy atom. The lowest BCUT2D eigenvalue weighted by Gasteiger charge is -2.44. The van der Waals surface area contributed by atoms with Gasteiger partial charge in [-0.2, -0.15) is 0 Å². The molecule has 0 saturated carbocycles. The molecule has 0 bridgehead atoms. The fraction of sp³-hybridized carbons (Fsp3) is 0.345. The number of likely N-dealkylation sites (N-methyl/N-ethyl adjacent to an activating group) is 1. The largest absolute Gasteiger partial charge is 0.438 e. The van der Waals surface area contributed by atoms with Gasteiger partial charge in [0.05, 0.1) is 18.4 Å². The van der Waals surface area contributed by atoms with Crippen molar-refractivity contribution in [2.24, 2.45) is 0 Å². The van der Waals surface area contributed by atoms with E-state index in [1.165, 1.54) is 43.4 Å². The number of ether oxygens (including phenoxy) is 1. The number of sulfonamides is 1. The second-order valence-corrected chi connectivity index (χ2v) is 12.1. The van der Waals surface area contributed by atoms with Crippen molar-refractivity contribution in [3.63, 3.8) is 0 Å². The van der Waals surface area contributed by atoms with Crippen LogP contribution in [0.3, 0.4) is 0 Å². The second kappa shape index (κ2) is 11.4. The lowest BCUT2D eigenvalue weighted by Crippen LogP contribution is -2.50. The number of cyclic esters (lactones) is 1. The van der Waals surface area contributed by atoms with Gasteiger partial charge in [0.15, 0.2) is 0 Å². The summed E-state index contributed by atoms with van der Waals surface area (Å²) < 4.78 is 57.6. The Hall–Kier alpha value is -3.34. The Kier molecular flexibility index (Phi) is 8.39. The minimum Gasteiger partial charge on any atom is -0.438 e. The van der Waals surface area contributed by atoms with E-state index < -0.39 is 33.6 Å². The quantitative estimate of drug-likeness (QED) is 0.396. The zero-order chi connectivity index (χ0) is 28.4. The minimum atomic E-state index is -3.52. The predicted octanol–water partition coefficient (Wildman–Crippen LogP) is 5.07. The molecule has 1 heterocycles. The van der Waals surface area contributed by atoms with Gasteiger partial charge in [-0.3, -0.25) is 0 Å². The first-order valence-corrected chi connectivity index (χ1v) is 14.4. The van der Waals surface area contributed by atoms with Gasteiger partial charge < -0.3 is 14.7 Å². The molecule has 4 rings (SSSR count). The van der Waals surface area contributed by atoms with Crippen LogP contribution in [0, 0.1) is 11.6 Å². The van der Waals surface area contributed by atoms with E-state index >= 15 is 0 Å². The van der Waals surface area contributed by atoms with Crippen molar-refractivity contribution in [2.45, 2.75) is 37.5 Å². The van der Waals surface area contributed by atoms with Crippen LogP contribution in [0.4, 0.5) is 13.6 Å². The molecular weight excluding hydrogens is 526 g/mol. The summed E-state index contributed by atoms with van der Waals surface area (Å²) in [5, 5.41) is 10.8. The van der Waals surface area contributed by atoms with E-state index in [2.05, 4.69) is 0 Å². The molecular formula is C29H32F2N2O5S. The molecule has 1 saturated heterocycles. The number of carbonyl (C=O) groups excluding carboxylic acids is 1. The molecule has 1 amide bonds. The maximum absolute atomic E-state index is 13.7. The number of rotatable bonds is 9. The van der Waals surface area contributed by atoms with Crippen LogP contribution in [0.1, 0.15) is 36.9 Å². The van der Waals surface area contributed by atoms with E-state index in [0.29, 0.717) is 18.5 Å². The number of benzene rings is 3. The zero-order valence-corrected chi connectivity index (χ0v) is 22.9. The molecule has 0 aromatic heterocycles. The van der Waals surface area contributed by atoms with E-state index in [1.54, 1.807) is 17.0 Å². The number of nitrogens with zero attached hydrogens (tertiary/aromatic N) is 2. The summed E-state index contributed by atoms with van der Waals surface area (Å²) in [6.45, 7) is 2.00. The molecule has 3 unspecified atom stereocenters. The van der Waals surface area contributed by atoms with Gasteiger partial charge in [-0.25, -0.2) is 26.3 Å². The van der Waals surface area contributed by atoms with Crippen molar-refractivity contribution in [1.29, 1.82) is 0 Å². The molecule has 1 aliphatic rings. The maximum Gasteiger partial charge on any atom is 0.411 e. The van der Waals surface area contributed by atoms with Crippen molar-refractivity contribution in [3.8, 4) is 11.1 Å². The van der Waals surface area contributed by atoms with Gasteiger partial charge in [0.2, 0.25) is 10.0 Å². The van der Waals surface area contributed by atoms with E-state index in [0.717, 1.165) is 27.3 Å². The normalized spacial score (nSPS) is 19.6. The number of carbonyl (C=O) groups is 1. The van der Waals surface area contributed by atoms with Crippen molar-refractivity contribution in [1.82, 2.24) is 9.21 Å². The van der Waals surface area contributed by atoms with Crippen LogP contribution in [0.25, 0.3) is 11.1 Å². The van der Waals surface area contributed by atoms with E-state index in [1.807, 2.05) is 31.2 Å². The lowest BCUT2D eigenvalue weighted by molar-refractivity contribution is -0.0847. The van der Waals surface area contributed by atoms with Gasteiger partial charge in [0.1, 0.15) is 17.2 Å². The Balaban J connectivity index is 1.53. The molecule has 39 heavy (non-hydrogen) atoms. The third-order valence-electron chi connectivity index (χ3n) is 7.28. The van der Waals surface area contributed by atoms with Crippen molar-refractivity contribution < 1.29 is 31.8 Å². The molecule has 3 aromatic rings. The minimum absolute atomic E-state index is 0.0567. The average molecular weight is 559 g/mol. The topological polar surface area (TPSA) is 87.2 Å². The molecule has 1 aliphatic heterocycles. The first kappa shape index (κ1) is 28.7. The summed E-state index contributed by atoms with van der Waals surface area (Å²) in [5.74, 6) is -0.757. The summed E-state index contributed by atoms with van der Waals surface area (Å²) in [6, 6.07) is 19.1. The van der Waals surface area contributed by atoms with Crippen molar-refractivity contribution in [2.75, 3.05) is 26.4 Å². The maximum atomic E-state index is 13.7. The highest BCUT2D eigenvalue weighted by molar-refractivity contribution is 7.88. The van der Waals surface area contributed by atoms with Crippen molar-refractivity contribution >= 4 is 16.1 Å². The van der Waals surface area contributed by atoms with Gasteiger partial charge in [0.25, 0.3) is 0 Å². The third-order valence-corrected chi connectivity index (χ3v) is 8.56.